The Bertz CT molecular complexity index is 1060. The number of carbonyl (C=O) groups is 2. The van der Waals surface area contributed by atoms with Gasteiger partial charge in [0.15, 0.2) is 0 Å². The van der Waals surface area contributed by atoms with Gasteiger partial charge in [-0.2, -0.15) is 8.42 Å². The third-order valence-electron chi connectivity index (χ3n) is 5.78. The maximum atomic E-state index is 13.3. The van der Waals surface area contributed by atoms with Gasteiger partial charge in [0.25, 0.3) is 0 Å². The molecule has 0 radical (unpaired) electrons. The number of para-hydroxylation sites is 1. The molecule has 2 aromatic rings. The Morgan fingerprint density at radius 2 is 1.71 bits per heavy atom. The van der Waals surface area contributed by atoms with Gasteiger partial charge >= 0.3 is 21.3 Å². The van der Waals surface area contributed by atoms with Crippen molar-refractivity contribution >= 4 is 27.0 Å². The zero-order valence-corrected chi connectivity index (χ0v) is 18.6. The standard InChI is InChI=1S/C23H27NO6S/c1-16-19(14-23(2,3)21(25)26)13-18-11-7-8-12-20(18)24(16)31(28,29)22(27)30-15-17-9-5-4-6-10-17/h4-12,16,19H,13-15H2,1-3H3,(H,25,26)/t16-,19+/m1/s1. The number of nitrogens with zero attached hydrogens (tertiary/aromatic N) is 1. The number of carbonyl (C=O) groups excluding carboxylic acids is 1. The molecular formula is C23H27NO6S. The van der Waals surface area contributed by atoms with E-state index >= 15 is 0 Å². The number of ether oxygens (including phenoxy) is 1. The number of hydrogen-bond donors (Lipinski definition) is 1. The van der Waals surface area contributed by atoms with Crippen LogP contribution >= 0.6 is 0 Å². The number of fused-ring (bicyclic) bond motifs is 1. The van der Waals surface area contributed by atoms with Gasteiger partial charge in [0, 0.05) is 6.04 Å². The van der Waals surface area contributed by atoms with Gasteiger partial charge in [0.05, 0.1) is 11.1 Å². The van der Waals surface area contributed by atoms with Gasteiger partial charge in [0.2, 0.25) is 0 Å². The normalized spacial score (nSPS) is 18.9. The van der Waals surface area contributed by atoms with Gasteiger partial charge in [-0.15, -0.1) is 0 Å². The predicted octanol–water partition coefficient (Wildman–Crippen LogP) is 4.22. The predicted molar refractivity (Wildman–Crippen MR) is 117 cm³/mol. The molecule has 31 heavy (non-hydrogen) atoms. The highest BCUT2D eigenvalue weighted by Crippen LogP contribution is 2.41. The first-order valence-corrected chi connectivity index (χ1v) is 11.5. The molecule has 1 aliphatic rings. The van der Waals surface area contributed by atoms with E-state index in [0.717, 1.165) is 9.87 Å². The number of carboxylic acids is 1. The minimum absolute atomic E-state index is 0.155. The lowest BCUT2D eigenvalue weighted by Crippen LogP contribution is -2.50. The van der Waals surface area contributed by atoms with Crippen molar-refractivity contribution in [3.63, 3.8) is 0 Å². The summed E-state index contributed by atoms with van der Waals surface area (Å²) >= 11 is 0. The van der Waals surface area contributed by atoms with E-state index in [2.05, 4.69) is 0 Å². The topological polar surface area (TPSA) is 101 Å². The fraction of sp³-hybridized carbons (Fsp3) is 0.391. The van der Waals surface area contributed by atoms with E-state index in [1.807, 2.05) is 6.07 Å². The average Bonchev–Trinajstić information content (AvgIpc) is 2.72. The van der Waals surface area contributed by atoms with Crippen LogP contribution in [0.2, 0.25) is 0 Å². The van der Waals surface area contributed by atoms with Gasteiger partial charge < -0.3 is 9.84 Å². The molecule has 0 aliphatic carbocycles. The van der Waals surface area contributed by atoms with Crippen LogP contribution in [0, 0.1) is 11.3 Å². The van der Waals surface area contributed by atoms with E-state index < -0.39 is 32.8 Å². The van der Waals surface area contributed by atoms with Gasteiger partial charge in [0.1, 0.15) is 6.61 Å². The summed E-state index contributed by atoms with van der Waals surface area (Å²) in [5, 5.41) is 8.22. The molecule has 0 unspecified atom stereocenters. The first-order chi connectivity index (χ1) is 14.5. The molecule has 3 rings (SSSR count). The monoisotopic (exact) mass is 445 g/mol. The van der Waals surface area contributed by atoms with Gasteiger partial charge in [-0.25, -0.2) is 4.79 Å². The summed E-state index contributed by atoms with van der Waals surface area (Å²) in [5.74, 6) is -1.23. The van der Waals surface area contributed by atoms with Gasteiger partial charge in [-0.1, -0.05) is 48.5 Å². The maximum absolute atomic E-state index is 13.3. The number of carboxylic acid groups (broad SMARTS) is 1. The molecule has 2 aromatic carbocycles. The minimum atomic E-state index is -4.48. The summed E-state index contributed by atoms with van der Waals surface area (Å²) in [5.41, 5.74) is 0.829. The Kier molecular flexibility index (Phi) is 6.40. The minimum Gasteiger partial charge on any atom is -0.481 e. The number of sulfonamides is 1. The molecule has 0 bridgehead atoms. The van der Waals surface area contributed by atoms with E-state index in [1.165, 1.54) is 0 Å². The summed E-state index contributed by atoms with van der Waals surface area (Å²) < 4.78 is 32.7. The first kappa shape index (κ1) is 22.8. The van der Waals surface area contributed by atoms with Crippen LogP contribution in [-0.4, -0.2) is 30.8 Å². The molecule has 7 nitrogen and oxygen atoms in total. The van der Waals surface area contributed by atoms with Crippen LogP contribution in [0.15, 0.2) is 54.6 Å². The average molecular weight is 446 g/mol. The van der Waals surface area contributed by atoms with Crippen molar-refractivity contribution in [1.82, 2.24) is 0 Å². The Labute approximate surface area is 182 Å². The largest absolute Gasteiger partial charge is 0.481 e. The Hall–Kier alpha value is -2.87. The number of aliphatic carboxylic acids is 1. The lowest BCUT2D eigenvalue weighted by atomic mass is 9.76. The second kappa shape index (κ2) is 8.70. The molecule has 0 fully saturated rings. The number of benzene rings is 2. The third kappa shape index (κ3) is 4.74. The molecule has 0 saturated heterocycles. The summed E-state index contributed by atoms with van der Waals surface area (Å²) in [6, 6.07) is 15.2. The maximum Gasteiger partial charge on any atom is 0.445 e. The SMILES string of the molecule is C[C@@H]1[C@H](CC(C)(C)C(=O)O)Cc2ccccc2N1S(=O)(=O)C(=O)OCc1ccccc1. The van der Waals surface area contributed by atoms with E-state index in [9.17, 15) is 23.1 Å². The van der Waals surface area contributed by atoms with Gasteiger partial charge in [-0.05, 0) is 56.7 Å². The lowest BCUT2D eigenvalue weighted by Gasteiger charge is -2.42. The molecule has 2 atom stereocenters. The van der Waals surface area contributed by atoms with Gasteiger partial charge in [-0.3, -0.25) is 9.10 Å². The number of rotatable bonds is 6. The summed E-state index contributed by atoms with van der Waals surface area (Å²) in [7, 11) is -4.48. The zero-order chi connectivity index (χ0) is 22.8. The fourth-order valence-corrected chi connectivity index (χ4v) is 5.38. The van der Waals surface area contributed by atoms with Crippen molar-refractivity contribution in [2.45, 2.75) is 46.3 Å². The molecule has 1 N–H and O–H groups in total. The Balaban J connectivity index is 1.91. The lowest BCUT2D eigenvalue weighted by molar-refractivity contribution is -0.148. The highest BCUT2D eigenvalue weighted by molar-refractivity contribution is 8.06. The van der Waals surface area contributed by atoms with Crippen LogP contribution in [0.3, 0.4) is 0 Å². The summed E-state index contributed by atoms with van der Waals surface area (Å²) in [6.45, 7) is 4.80. The first-order valence-electron chi connectivity index (χ1n) is 10.1. The molecule has 0 saturated carbocycles. The fourth-order valence-electron chi connectivity index (χ4n) is 3.97. The summed E-state index contributed by atoms with van der Waals surface area (Å²) in [4.78, 5) is 24.3. The molecule has 0 amide bonds. The van der Waals surface area contributed by atoms with Crippen molar-refractivity contribution in [1.29, 1.82) is 0 Å². The molecule has 8 heteroatoms. The molecular weight excluding hydrogens is 418 g/mol. The number of anilines is 1. The second-order valence-electron chi connectivity index (χ2n) is 8.55. The highest BCUT2D eigenvalue weighted by Gasteiger charge is 2.44. The van der Waals surface area contributed by atoms with Crippen molar-refractivity contribution in [3.05, 3.63) is 65.7 Å². The molecule has 166 valence electrons. The number of hydrogen-bond acceptors (Lipinski definition) is 5. The Morgan fingerprint density at radius 3 is 2.35 bits per heavy atom. The zero-order valence-electron chi connectivity index (χ0n) is 17.8. The van der Waals surface area contributed by atoms with Crippen molar-refractivity contribution in [3.8, 4) is 0 Å². The van der Waals surface area contributed by atoms with Crippen LogP contribution in [0.1, 0.15) is 38.3 Å². The van der Waals surface area contributed by atoms with Crippen LogP contribution in [0.4, 0.5) is 10.5 Å². The van der Waals surface area contributed by atoms with Crippen molar-refractivity contribution in [2.75, 3.05) is 4.31 Å². The van der Waals surface area contributed by atoms with E-state index in [4.69, 9.17) is 4.74 Å². The van der Waals surface area contributed by atoms with Crippen LogP contribution < -0.4 is 4.31 Å². The quantitative estimate of drug-likeness (QED) is 0.668. The molecule has 1 heterocycles. The molecule has 1 aliphatic heterocycles. The molecule has 0 aromatic heterocycles. The van der Waals surface area contributed by atoms with E-state index in [1.54, 1.807) is 69.3 Å². The van der Waals surface area contributed by atoms with E-state index in [0.29, 0.717) is 17.7 Å². The van der Waals surface area contributed by atoms with Crippen molar-refractivity contribution < 1.29 is 27.9 Å². The smallest absolute Gasteiger partial charge is 0.445 e. The van der Waals surface area contributed by atoms with E-state index in [-0.39, 0.29) is 18.9 Å². The van der Waals surface area contributed by atoms with Crippen molar-refractivity contribution in [2.24, 2.45) is 11.3 Å². The van der Waals surface area contributed by atoms with Crippen LogP contribution in [0.5, 0.6) is 0 Å². The summed E-state index contributed by atoms with van der Waals surface area (Å²) in [6.07, 6.45) is 0.794. The van der Waals surface area contributed by atoms with Crippen LogP contribution in [-0.2, 0) is 32.6 Å². The second-order valence-corrected chi connectivity index (χ2v) is 10.2. The van der Waals surface area contributed by atoms with Crippen LogP contribution in [0.25, 0.3) is 0 Å². The highest BCUT2D eigenvalue weighted by atomic mass is 32.2. The molecule has 0 spiro atoms. The Morgan fingerprint density at radius 1 is 1.10 bits per heavy atom. The third-order valence-corrected chi connectivity index (χ3v) is 7.37.